The summed E-state index contributed by atoms with van der Waals surface area (Å²) in [6.45, 7) is 8.71. The van der Waals surface area contributed by atoms with Crippen molar-refractivity contribution in [2.75, 3.05) is 0 Å². The van der Waals surface area contributed by atoms with Crippen LogP contribution in [0, 0.1) is 13.8 Å². The minimum Gasteiger partial charge on any atom is -0.229 e. The van der Waals surface area contributed by atoms with Crippen molar-refractivity contribution in [1.82, 2.24) is 9.97 Å². The number of unbranched alkanes of at least 4 members (excludes halogenated alkanes) is 6. The second kappa shape index (κ2) is 10.3. The number of thiophene rings is 2. The molecule has 0 aromatic carbocycles. The smallest absolute Gasteiger partial charge is 0.229 e. The molecule has 4 aromatic heterocycles. The van der Waals surface area contributed by atoms with Gasteiger partial charge in [-0.25, -0.2) is 18.4 Å². The molecule has 0 spiro atoms. The van der Waals surface area contributed by atoms with Crippen LogP contribution < -0.4 is 10.4 Å². The van der Waals surface area contributed by atoms with Crippen molar-refractivity contribution >= 4 is 73.6 Å². The molecule has 0 aliphatic carbocycles. The molecule has 4 nitrogen and oxygen atoms in total. The molecule has 0 atom stereocenters. The first kappa shape index (κ1) is 27.0. The Balaban J connectivity index is 1.43. The Hall–Kier alpha value is -1.17. The van der Waals surface area contributed by atoms with Gasteiger partial charge in [-0.2, -0.15) is 0 Å². The highest BCUT2D eigenvalue weighted by Crippen LogP contribution is 2.52. The highest BCUT2D eigenvalue weighted by atomic mass is 32.2. The fourth-order valence-corrected chi connectivity index (χ4v) is 19.9. The Labute approximate surface area is 243 Å². The number of aryl methyl sites for hydroxylation is 2. The van der Waals surface area contributed by atoms with E-state index in [1.165, 1.54) is 101 Å². The Morgan fingerprint density at radius 3 is 2.00 bits per heavy atom. The number of fused-ring (bicyclic) bond motifs is 6. The minimum absolute atomic E-state index is 0.207. The van der Waals surface area contributed by atoms with Gasteiger partial charge in [0.15, 0.2) is 10.1 Å². The van der Waals surface area contributed by atoms with Crippen LogP contribution in [-0.4, -0.2) is 26.5 Å². The molecule has 0 unspecified atom stereocenters. The highest BCUT2D eigenvalue weighted by Gasteiger charge is 2.48. The van der Waals surface area contributed by atoms with Gasteiger partial charge in [0, 0.05) is 14.6 Å². The van der Waals surface area contributed by atoms with E-state index in [0.29, 0.717) is 0 Å². The molecule has 0 saturated carbocycles. The second-order valence-electron chi connectivity index (χ2n) is 10.7. The Morgan fingerprint density at radius 2 is 1.32 bits per heavy atom. The Bertz CT molecular complexity index is 1600. The minimum atomic E-state index is -3.62. The highest BCUT2D eigenvalue weighted by molar-refractivity contribution is 7.92. The van der Waals surface area contributed by atoms with Gasteiger partial charge in [-0.1, -0.05) is 65.2 Å². The van der Waals surface area contributed by atoms with Gasteiger partial charge in [0.1, 0.15) is 13.1 Å². The number of thiazole rings is 2. The lowest BCUT2D eigenvalue weighted by molar-refractivity contribution is 0.593. The monoisotopic (exact) mass is 618 g/mol. The number of hydrogen-bond donors (Lipinski definition) is 0. The predicted octanol–water partition coefficient (Wildman–Crippen LogP) is 8.52. The summed E-state index contributed by atoms with van der Waals surface area (Å²) < 4.78 is 26.4. The molecule has 0 saturated heterocycles. The molecule has 38 heavy (non-hydrogen) atoms. The molecule has 202 valence electrons. The predicted molar refractivity (Wildman–Crippen MR) is 168 cm³/mol. The Morgan fingerprint density at radius 1 is 0.711 bits per heavy atom. The van der Waals surface area contributed by atoms with E-state index in [0.717, 1.165) is 24.6 Å². The van der Waals surface area contributed by atoms with Gasteiger partial charge in [0.25, 0.3) is 0 Å². The zero-order valence-corrected chi connectivity index (χ0v) is 27.6. The normalized spacial score (nSPS) is 16.0. The lowest BCUT2D eigenvalue weighted by Gasteiger charge is -2.29. The van der Waals surface area contributed by atoms with Crippen LogP contribution in [-0.2, 0) is 9.84 Å². The maximum atomic E-state index is 13.2. The van der Waals surface area contributed by atoms with Gasteiger partial charge in [-0.15, -0.1) is 45.3 Å². The van der Waals surface area contributed by atoms with Crippen molar-refractivity contribution in [2.45, 2.75) is 101 Å². The molecular formula is C28H34N2O2S5Si. The average molecular weight is 619 g/mol. The van der Waals surface area contributed by atoms with Crippen molar-refractivity contribution in [3.05, 3.63) is 22.0 Å². The van der Waals surface area contributed by atoms with E-state index >= 15 is 0 Å². The van der Waals surface area contributed by atoms with Crippen LogP contribution in [0.3, 0.4) is 0 Å². The molecule has 6 heterocycles. The SMILES string of the molecule is CCCCCC[Si]1(CCCCCC)c2cc(C)sc2-c2sc(-c3nc4c(s3)-c3sc(C)nc3S4(=O)=O)cc21. The van der Waals surface area contributed by atoms with E-state index in [1.54, 1.807) is 10.4 Å². The van der Waals surface area contributed by atoms with Crippen molar-refractivity contribution in [2.24, 2.45) is 0 Å². The van der Waals surface area contributed by atoms with Gasteiger partial charge < -0.3 is 0 Å². The number of sulfone groups is 1. The van der Waals surface area contributed by atoms with Gasteiger partial charge in [0.05, 0.1) is 19.6 Å². The van der Waals surface area contributed by atoms with Crippen molar-refractivity contribution in [1.29, 1.82) is 0 Å². The van der Waals surface area contributed by atoms with Gasteiger partial charge in [-0.05, 0) is 48.4 Å². The fraction of sp³-hybridized carbons (Fsp3) is 0.500. The molecule has 0 radical (unpaired) electrons. The lowest BCUT2D eigenvalue weighted by atomic mass is 10.2. The lowest BCUT2D eigenvalue weighted by Crippen LogP contribution is -2.54. The van der Waals surface area contributed by atoms with Crippen molar-refractivity contribution in [3.8, 4) is 29.4 Å². The third-order valence-corrected chi connectivity index (χ3v) is 20.2. The van der Waals surface area contributed by atoms with E-state index in [1.807, 2.05) is 29.6 Å². The molecule has 0 amide bonds. The summed E-state index contributed by atoms with van der Waals surface area (Å²) in [5.74, 6) is 0. The summed E-state index contributed by atoms with van der Waals surface area (Å²) in [5.41, 5.74) is 0. The molecular weight excluding hydrogens is 585 g/mol. The number of aromatic nitrogens is 2. The Kier molecular flexibility index (Phi) is 7.35. The van der Waals surface area contributed by atoms with E-state index in [4.69, 9.17) is 4.98 Å². The molecule has 0 bridgehead atoms. The summed E-state index contributed by atoms with van der Waals surface area (Å²) in [7, 11) is -5.49. The summed E-state index contributed by atoms with van der Waals surface area (Å²) in [6, 6.07) is 7.62. The van der Waals surface area contributed by atoms with Crippen LogP contribution in [0.1, 0.15) is 75.1 Å². The molecule has 2 aliphatic rings. The van der Waals surface area contributed by atoms with Crippen LogP contribution in [0.4, 0.5) is 0 Å². The zero-order chi connectivity index (χ0) is 26.7. The summed E-state index contributed by atoms with van der Waals surface area (Å²) in [5, 5.41) is 5.36. The topological polar surface area (TPSA) is 59.9 Å². The maximum absolute atomic E-state index is 13.2. The fourth-order valence-electron chi connectivity index (χ4n) is 6.14. The van der Waals surface area contributed by atoms with Crippen molar-refractivity contribution in [3.63, 3.8) is 0 Å². The number of nitrogens with zero attached hydrogens (tertiary/aromatic N) is 2. The molecule has 6 rings (SSSR count). The molecule has 0 fully saturated rings. The number of hydrogen-bond acceptors (Lipinski definition) is 8. The largest absolute Gasteiger partial charge is 0.244 e. The average Bonchev–Trinajstić information content (AvgIpc) is 3.69. The maximum Gasteiger partial charge on any atom is 0.244 e. The van der Waals surface area contributed by atoms with E-state index in [2.05, 4.69) is 37.9 Å². The van der Waals surface area contributed by atoms with Crippen LogP contribution in [0.25, 0.3) is 29.4 Å². The van der Waals surface area contributed by atoms with Crippen LogP contribution in [0.2, 0.25) is 12.1 Å². The second-order valence-corrected chi connectivity index (χ2v) is 21.2. The molecule has 2 aliphatic heterocycles. The summed E-state index contributed by atoms with van der Waals surface area (Å²) in [6.07, 6.45) is 10.4. The quantitative estimate of drug-likeness (QED) is 0.110. The first-order valence-corrected chi connectivity index (χ1v) is 21.0. The third kappa shape index (κ3) is 4.25. The van der Waals surface area contributed by atoms with E-state index in [-0.39, 0.29) is 10.1 Å². The molecule has 4 aromatic rings. The number of rotatable bonds is 11. The first-order valence-electron chi connectivity index (χ1n) is 13.8. The molecule has 0 N–H and O–H groups in total. The van der Waals surface area contributed by atoms with Crippen LogP contribution >= 0.6 is 45.3 Å². The van der Waals surface area contributed by atoms with Gasteiger partial charge >= 0.3 is 0 Å². The summed E-state index contributed by atoms with van der Waals surface area (Å²) >= 11 is 6.81. The standard InChI is InChI=1S/C28H34N2O2S5Si/c1-5-7-9-11-13-38(14-12-10-8-6-2)20-15-17(3)33-22(20)23-21(38)16-19(35-23)26-30-28-25(36-26)24-27(37(28,31)32)29-18(4)34-24/h15-16H,5-14H2,1-4H3. The van der Waals surface area contributed by atoms with Gasteiger partial charge in [-0.3, -0.25) is 0 Å². The third-order valence-electron chi connectivity index (χ3n) is 7.96. The zero-order valence-electron chi connectivity index (χ0n) is 22.5. The van der Waals surface area contributed by atoms with E-state index < -0.39 is 17.9 Å². The first-order chi connectivity index (χ1) is 18.3. The van der Waals surface area contributed by atoms with Gasteiger partial charge in [0.2, 0.25) is 9.84 Å². The summed E-state index contributed by atoms with van der Waals surface area (Å²) in [4.78, 5) is 16.1. The van der Waals surface area contributed by atoms with Crippen LogP contribution in [0.15, 0.2) is 22.2 Å². The van der Waals surface area contributed by atoms with E-state index in [9.17, 15) is 8.42 Å². The van der Waals surface area contributed by atoms with Crippen molar-refractivity contribution < 1.29 is 8.42 Å². The molecule has 10 heteroatoms. The van der Waals surface area contributed by atoms with Crippen LogP contribution in [0.5, 0.6) is 0 Å².